The number of carbonyl (C=O) groups is 2. The van der Waals surface area contributed by atoms with E-state index in [9.17, 15) is 9.59 Å². The van der Waals surface area contributed by atoms with E-state index in [0.717, 1.165) is 0 Å². The van der Waals surface area contributed by atoms with Gasteiger partial charge in [-0.05, 0) is 5.92 Å². The Morgan fingerprint density at radius 2 is 1.93 bits per heavy atom. The average molecular weight is 203 g/mol. The molecule has 14 heavy (non-hydrogen) atoms. The molecule has 0 bridgehead atoms. The second-order valence-electron chi connectivity index (χ2n) is 3.31. The maximum atomic E-state index is 10.7. The number of nitrogens with one attached hydrogen (secondary N) is 2. The molecule has 0 saturated heterocycles. The van der Waals surface area contributed by atoms with Gasteiger partial charge in [0.05, 0.1) is 0 Å². The summed E-state index contributed by atoms with van der Waals surface area (Å²) in [5, 5.41) is 13.9. The van der Waals surface area contributed by atoms with Gasteiger partial charge in [-0.2, -0.15) is 0 Å². The van der Waals surface area contributed by atoms with Crippen LogP contribution >= 0.6 is 0 Å². The lowest BCUT2D eigenvalue weighted by atomic mass is 10.1. The van der Waals surface area contributed by atoms with Gasteiger partial charge in [-0.1, -0.05) is 13.8 Å². The van der Waals surface area contributed by atoms with Crippen molar-refractivity contribution < 1.29 is 14.7 Å². The van der Waals surface area contributed by atoms with Gasteiger partial charge >= 0.3 is 12.0 Å². The van der Waals surface area contributed by atoms with Crippen molar-refractivity contribution in [3.05, 3.63) is 0 Å². The van der Waals surface area contributed by atoms with Gasteiger partial charge < -0.3 is 21.5 Å². The summed E-state index contributed by atoms with van der Waals surface area (Å²) in [4.78, 5) is 21.0. The molecule has 0 aliphatic heterocycles. The lowest BCUT2D eigenvalue weighted by molar-refractivity contribution is -0.140. The third kappa shape index (κ3) is 5.36. The molecule has 2 amide bonds. The van der Waals surface area contributed by atoms with Gasteiger partial charge in [0.1, 0.15) is 6.04 Å². The number of hydrogen-bond acceptors (Lipinski definition) is 3. The second kappa shape index (κ2) is 6.20. The Morgan fingerprint density at radius 3 is 2.29 bits per heavy atom. The molecule has 0 spiro atoms. The van der Waals surface area contributed by atoms with Crippen LogP contribution in [0.25, 0.3) is 0 Å². The summed E-state index contributed by atoms with van der Waals surface area (Å²) in [6, 6.07) is -1.20. The fourth-order valence-corrected chi connectivity index (χ4v) is 1.02. The summed E-state index contributed by atoms with van der Waals surface area (Å²) < 4.78 is 0. The summed E-state index contributed by atoms with van der Waals surface area (Å²) in [7, 11) is 0. The standard InChI is InChI=1S/C8H17N3O3/c1-5(2)6(7(12)13)10-3-4-11-8(9)14/h5-6,10H,3-4H2,1-2H3,(H,12,13)(H3,9,11,14). The van der Waals surface area contributed by atoms with Crippen molar-refractivity contribution in [2.75, 3.05) is 13.1 Å². The van der Waals surface area contributed by atoms with Gasteiger partial charge in [0.25, 0.3) is 0 Å². The molecule has 5 N–H and O–H groups in total. The Kier molecular flexibility index (Phi) is 5.62. The van der Waals surface area contributed by atoms with E-state index in [0.29, 0.717) is 13.1 Å². The molecular formula is C8H17N3O3. The fraction of sp³-hybridized carbons (Fsp3) is 0.750. The van der Waals surface area contributed by atoms with E-state index < -0.39 is 18.0 Å². The van der Waals surface area contributed by atoms with Crippen LogP contribution in [0, 0.1) is 5.92 Å². The summed E-state index contributed by atoms with van der Waals surface area (Å²) in [6.45, 7) is 4.34. The predicted octanol–water partition coefficient (Wildman–Crippen LogP) is -0.646. The molecular weight excluding hydrogens is 186 g/mol. The topological polar surface area (TPSA) is 104 Å². The van der Waals surface area contributed by atoms with Crippen molar-refractivity contribution in [3.8, 4) is 0 Å². The molecule has 6 heteroatoms. The zero-order valence-corrected chi connectivity index (χ0v) is 8.41. The molecule has 0 aromatic carbocycles. The Labute approximate surface area is 82.9 Å². The zero-order chi connectivity index (χ0) is 11.1. The van der Waals surface area contributed by atoms with Crippen LogP contribution in [0.4, 0.5) is 4.79 Å². The zero-order valence-electron chi connectivity index (χ0n) is 8.41. The number of nitrogens with two attached hydrogens (primary N) is 1. The Morgan fingerprint density at radius 1 is 1.36 bits per heavy atom. The largest absolute Gasteiger partial charge is 0.480 e. The number of carboxylic acids is 1. The quantitative estimate of drug-likeness (QED) is 0.431. The first kappa shape index (κ1) is 12.7. The first-order valence-corrected chi connectivity index (χ1v) is 4.44. The van der Waals surface area contributed by atoms with E-state index in [1.54, 1.807) is 0 Å². The number of aliphatic carboxylic acids is 1. The maximum absolute atomic E-state index is 10.7. The van der Waals surface area contributed by atoms with Crippen molar-refractivity contribution in [1.29, 1.82) is 0 Å². The number of carboxylic acid groups (broad SMARTS) is 1. The Balaban J connectivity index is 3.73. The molecule has 0 saturated carbocycles. The van der Waals surface area contributed by atoms with Gasteiger partial charge in [-0.3, -0.25) is 4.79 Å². The first-order chi connectivity index (χ1) is 6.45. The first-order valence-electron chi connectivity index (χ1n) is 4.44. The highest BCUT2D eigenvalue weighted by Crippen LogP contribution is 2.00. The summed E-state index contributed by atoms with van der Waals surface area (Å²) in [5.41, 5.74) is 4.83. The minimum Gasteiger partial charge on any atom is -0.480 e. The number of urea groups is 1. The summed E-state index contributed by atoms with van der Waals surface area (Å²) >= 11 is 0. The SMILES string of the molecule is CC(C)C(NCCNC(N)=O)C(=O)O. The molecule has 1 atom stereocenters. The molecule has 0 aromatic rings. The highest BCUT2D eigenvalue weighted by Gasteiger charge is 2.19. The highest BCUT2D eigenvalue weighted by atomic mass is 16.4. The van der Waals surface area contributed by atoms with Gasteiger partial charge in [0.2, 0.25) is 0 Å². The van der Waals surface area contributed by atoms with E-state index in [2.05, 4.69) is 10.6 Å². The number of carbonyl (C=O) groups excluding carboxylic acids is 1. The lowest BCUT2D eigenvalue weighted by Crippen LogP contribution is -2.45. The lowest BCUT2D eigenvalue weighted by Gasteiger charge is -2.17. The highest BCUT2D eigenvalue weighted by molar-refractivity contribution is 5.73. The molecule has 0 aromatic heterocycles. The smallest absolute Gasteiger partial charge is 0.320 e. The monoisotopic (exact) mass is 203 g/mol. The van der Waals surface area contributed by atoms with Crippen LogP contribution in [0.3, 0.4) is 0 Å². The molecule has 6 nitrogen and oxygen atoms in total. The maximum Gasteiger partial charge on any atom is 0.320 e. The minimum atomic E-state index is -0.890. The van der Waals surface area contributed by atoms with Crippen LogP contribution in [-0.2, 0) is 4.79 Å². The van der Waals surface area contributed by atoms with Crippen molar-refractivity contribution in [2.24, 2.45) is 11.7 Å². The van der Waals surface area contributed by atoms with Crippen molar-refractivity contribution in [1.82, 2.24) is 10.6 Å². The molecule has 0 aliphatic carbocycles. The predicted molar refractivity (Wildman–Crippen MR) is 51.9 cm³/mol. The number of amides is 2. The summed E-state index contributed by atoms with van der Waals surface area (Å²) in [6.07, 6.45) is 0. The number of rotatable bonds is 6. The Hall–Kier alpha value is -1.30. The van der Waals surface area contributed by atoms with E-state index in [1.165, 1.54) is 0 Å². The normalized spacial score (nSPS) is 12.5. The van der Waals surface area contributed by atoms with Crippen LogP contribution in [0.15, 0.2) is 0 Å². The van der Waals surface area contributed by atoms with Crippen LogP contribution in [0.2, 0.25) is 0 Å². The summed E-state index contributed by atoms with van der Waals surface area (Å²) in [5.74, 6) is -0.889. The Bertz CT molecular complexity index is 206. The van der Waals surface area contributed by atoms with Gasteiger partial charge in [0, 0.05) is 13.1 Å². The van der Waals surface area contributed by atoms with Gasteiger partial charge in [-0.25, -0.2) is 4.79 Å². The van der Waals surface area contributed by atoms with Crippen LogP contribution < -0.4 is 16.4 Å². The van der Waals surface area contributed by atoms with Crippen LogP contribution in [0.5, 0.6) is 0 Å². The second-order valence-corrected chi connectivity index (χ2v) is 3.31. The minimum absolute atomic E-state index is 0.000998. The molecule has 0 aliphatic rings. The number of primary amides is 1. The molecule has 0 rings (SSSR count). The van der Waals surface area contributed by atoms with E-state index in [-0.39, 0.29) is 5.92 Å². The van der Waals surface area contributed by atoms with Crippen molar-refractivity contribution >= 4 is 12.0 Å². The molecule has 0 fully saturated rings. The van der Waals surface area contributed by atoms with Gasteiger partial charge in [0.15, 0.2) is 0 Å². The molecule has 1 unspecified atom stereocenters. The average Bonchev–Trinajstić information content (AvgIpc) is 2.01. The van der Waals surface area contributed by atoms with E-state index in [1.807, 2.05) is 13.8 Å². The van der Waals surface area contributed by atoms with Crippen molar-refractivity contribution in [2.45, 2.75) is 19.9 Å². The third-order valence-corrected chi connectivity index (χ3v) is 1.72. The van der Waals surface area contributed by atoms with Gasteiger partial charge in [-0.15, -0.1) is 0 Å². The number of hydrogen-bond donors (Lipinski definition) is 4. The van der Waals surface area contributed by atoms with E-state index in [4.69, 9.17) is 10.8 Å². The fourth-order valence-electron chi connectivity index (χ4n) is 1.02. The third-order valence-electron chi connectivity index (χ3n) is 1.72. The van der Waals surface area contributed by atoms with Crippen molar-refractivity contribution in [3.63, 3.8) is 0 Å². The molecule has 82 valence electrons. The molecule has 0 heterocycles. The van der Waals surface area contributed by atoms with Crippen LogP contribution in [0.1, 0.15) is 13.8 Å². The van der Waals surface area contributed by atoms with E-state index >= 15 is 0 Å². The molecule has 0 radical (unpaired) electrons. The van der Waals surface area contributed by atoms with Crippen LogP contribution in [-0.4, -0.2) is 36.2 Å².